The zero-order valence-electron chi connectivity index (χ0n) is 16.6. The molecular formula is C25H28N2O. The number of rotatable bonds is 6. The van der Waals surface area contributed by atoms with E-state index in [1.165, 1.54) is 22.4 Å². The summed E-state index contributed by atoms with van der Waals surface area (Å²) >= 11 is 0. The normalized spacial score (nSPS) is 14.8. The summed E-state index contributed by atoms with van der Waals surface area (Å²) in [4.78, 5) is 5.04. The molecule has 0 aromatic heterocycles. The predicted octanol–water partition coefficient (Wildman–Crippen LogP) is 4.90. The molecule has 0 atom stereocenters. The Bertz CT molecular complexity index is 869. The van der Waals surface area contributed by atoms with Gasteiger partial charge in [-0.3, -0.25) is 4.90 Å². The van der Waals surface area contributed by atoms with Crippen LogP contribution in [0.5, 0.6) is 5.75 Å². The van der Waals surface area contributed by atoms with Crippen molar-refractivity contribution in [2.45, 2.75) is 20.1 Å². The number of para-hydroxylation sites is 1. The molecule has 0 radical (unpaired) electrons. The van der Waals surface area contributed by atoms with Crippen LogP contribution in [-0.4, -0.2) is 31.1 Å². The Balaban J connectivity index is 1.27. The lowest BCUT2D eigenvalue weighted by atomic mass is 10.1. The van der Waals surface area contributed by atoms with Gasteiger partial charge >= 0.3 is 0 Å². The number of aryl methyl sites for hydroxylation is 1. The Kier molecular flexibility index (Phi) is 5.93. The summed E-state index contributed by atoms with van der Waals surface area (Å²) in [6, 6.07) is 27.5. The van der Waals surface area contributed by atoms with Crippen molar-refractivity contribution in [3.8, 4) is 5.75 Å². The van der Waals surface area contributed by atoms with E-state index < -0.39 is 0 Å². The fourth-order valence-electron chi connectivity index (χ4n) is 3.76. The van der Waals surface area contributed by atoms with Crippen LogP contribution in [0.2, 0.25) is 0 Å². The number of anilines is 1. The number of nitrogens with zero attached hydrogens (tertiary/aromatic N) is 2. The van der Waals surface area contributed by atoms with E-state index in [0.717, 1.165) is 38.5 Å². The van der Waals surface area contributed by atoms with Crippen LogP contribution >= 0.6 is 0 Å². The molecule has 0 aliphatic carbocycles. The van der Waals surface area contributed by atoms with Gasteiger partial charge in [0.25, 0.3) is 0 Å². The van der Waals surface area contributed by atoms with Gasteiger partial charge in [-0.15, -0.1) is 0 Å². The zero-order valence-corrected chi connectivity index (χ0v) is 16.6. The van der Waals surface area contributed by atoms with Crippen molar-refractivity contribution < 1.29 is 4.74 Å². The van der Waals surface area contributed by atoms with E-state index in [0.29, 0.717) is 6.61 Å². The second-order valence-electron chi connectivity index (χ2n) is 7.47. The van der Waals surface area contributed by atoms with E-state index in [9.17, 15) is 0 Å². The van der Waals surface area contributed by atoms with E-state index in [4.69, 9.17) is 4.74 Å². The van der Waals surface area contributed by atoms with Gasteiger partial charge in [-0.2, -0.15) is 0 Å². The molecule has 1 aliphatic heterocycles. The third-order valence-corrected chi connectivity index (χ3v) is 5.41. The molecule has 0 N–H and O–H groups in total. The fraction of sp³-hybridized carbons (Fsp3) is 0.280. The summed E-state index contributed by atoms with van der Waals surface area (Å²) in [5.74, 6) is 0.928. The molecule has 1 aliphatic rings. The number of hydrogen-bond donors (Lipinski definition) is 0. The second kappa shape index (κ2) is 8.94. The monoisotopic (exact) mass is 372 g/mol. The van der Waals surface area contributed by atoms with E-state index >= 15 is 0 Å². The minimum atomic E-state index is 0.612. The van der Waals surface area contributed by atoms with Crippen LogP contribution in [0, 0.1) is 6.92 Å². The molecule has 0 saturated carbocycles. The largest absolute Gasteiger partial charge is 0.489 e. The molecule has 3 aromatic carbocycles. The summed E-state index contributed by atoms with van der Waals surface area (Å²) in [6.45, 7) is 8.18. The molecule has 0 amide bonds. The van der Waals surface area contributed by atoms with Crippen molar-refractivity contribution in [1.82, 2.24) is 4.90 Å². The summed E-state index contributed by atoms with van der Waals surface area (Å²) < 4.78 is 5.89. The first-order chi connectivity index (χ1) is 13.8. The fourth-order valence-corrected chi connectivity index (χ4v) is 3.76. The number of benzene rings is 3. The lowest BCUT2D eigenvalue weighted by Crippen LogP contribution is -2.46. The van der Waals surface area contributed by atoms with Crippen LogP contribution in [0.3, 0.4) is 0 Å². The van der Waals surface area contributed by atoms with Gasteiger partial charge in [0.15, 0.2) is 0 Å². The molecule has 4 rings (SSSR count). The highest BCUT2D eigenvalue weighted by atomic mass is 16.5. The maximum absolute atomic E-state index is 5.89. The number of piperazine rings is 1. The third kappa shape index (κ3) is 4.73. The number of hydrogen-bond acceptors (Lipinski definition) is 3. The Morgan fingerprint density at radius 2 is 1.39 bits per heavy atom. The lowest BCUT2D eigenvalue weighted by Gasteiger charge is -2.36. The van der Waals surface area contributed by atoms with E-state index in [2.05, 4.69) is 77.4 Å². The maximum atomic E-state index is 5.89. The quantitative estimate of drug-likeness (QED) is 0.612. The molecule has 3 heteroatoms. The van der Waals surface area contributed by atoms with Gasteiger partial charge in [0.2, 0.25) is 0 Å². The molecule has 3 nitrogen and oxygen atoms in total. The first kappa shape index (κ1) is 18.6. The van der Waals surface area contributed by atoms with Crippen molar-refractivity contribution in [3.63, 3.8) is 0 Å². The molecule has 0 unspecified atom stereocenters. The highest BCUT2D eigenvalue weighted by molar-refractivity contribution is 5.53. The highest BCUT2D eigenvalue weighted by Crippen LogP contribution is 2.22. The zero-order chi connectivity index (χ0) is 19.2. The molecule has 28 heavy (non-hydrogen) atoms. The van der Waals surface area contributed by atoms with Crippen molar-refractivity contribution >= 4 is 5.69 Å². The van der Waals surface area contributed by atoms with Gasteiger partial charge in [0.05, 0.1) is 0 Å². The molecule has 0 bridgehead atoms. The van der Waals surface area contributed by atoms with E-state index in [-0.39, 0.29) is 0 Å². The van der Waals surface area contributed by atoms with Crippen molar-refractivity contribution in [1.29, 1.82) is 0 Å². The third-order valence-electron chi connectivity index (χ3n) is 5.41. The van der Waals surface area contributed by atoms with E-state index in [1.54, 1.807) is 0 Å². The van der Waals surface area contributed by atoms with Gasteiger partial charge in [-0.25, -0.2) is 0 Å². The van der Waals surface area contributed by atoms with Gasteiger partial charge in [-0.1, -0.05) is 60.7 Å². The summed E-state index contributed by atoms with van der Waals surface area (Å²) in [5, 5.41) is 0. The molecule has 144 valence electrons. The van der Waals surface area contributed by atoms with E-state index in [1.807, 2.05) is 18.2 Å². The topological polar surface area (TPSA) is 15.7 Å². The van der Waals surface area contributed by atoms with Crippen LogP contribution in [0.1, 0.15) is 16.7 Å². The first-order valence-electron chi connectivity index (χ1n) is 10.1. The van der Waals surface area contributed by atoms with Gasteiger partial charge in [0.1, 0.15) is 12.4 Å². The van der Waals surface area contributed by atoms with Crippen LogP contribution in [0.15, 0.2) is 78.9 Å². The number of ether oxygens (including phenoxy) is 1. The van der Waals surface area contributed by atoms with Crippen LogP contribution in [-0.2, 0) is 13.2 Å². The first-order valence-corrected chi connectivity index (χ1v) is 10.1. The maximum Gasteiger partial charge on any atom is 0.119 e. The molecule has 1 fully saturated rings. The average molecular weight is 373 g/mol. The summed E-state index contributed by atoms with van der Waals surface area (Å²) in [5.41, 5.74) is 5.28. The highest BCUT2D eigenvalue weighted by Gasteiger charge is 2.18. The Morgan fingerprint density at radius 3 is 2.11 bits per heavy atom. The summed E-state index contributed by atoms with van der Waals surface area (Å²) in [7, 11) is 0. The van der Waals surface area contributed by atoms with Gasteiger partial charge in [-0.05, 0) is 41.8 Å². The molecule has 3 aromatic rings. The van der Waals surface area contributed by atoms with Crippen LogP contribution in [0.4, 0.5) is 5.69 Å². The minimum absolute atomic E-state index is 0.612. The van der Waals surface area contributed by atoms with Gasteiger partial charge in [0, 0.05) is 38.4 Å². The predicted molar refractivity (Wildman–Crippen MR) is 116 cm³/mol. The Hall–Kier alpha value is -2.78. The molecular weight excluding hydrogens is 344 g/mol. The average Bonchev–Trinajstić information content (AvgIpc) is 2.75. The molecule has 1 saturated heterocycles. The van der Waals surface area contributed by atoms with Crippen molar-refractivity contribution in [3.05, 3.63) is 95.6 Å². The smallest absolute Gasteiger partial charge is 0.119 e. The second-order valence-corrected chi connectivity index (χ2v) is 7.47. The molecule has 0 spiro atoms. The lowest BCUT2D eigenvalue weighted by molar-refractivity contribution is 0.249. The Labute approximate surface area is 168 Å². The van der Waals surface area contributed by atoms with Crippen molar-refractivity contribution in [2.24, 2.45) is 0 Å². The summed E-state index contributed by atoms with van der Waals surface area (Å²) in [6.07, 6.45) is 0. The minimum Gasteiger partial charge on any atom is -0.489 e. The van der Waals surface area contributed by atoms with Gasteiger partial charge < -0.3 is 9.64 Å². The SMILES string of the molecule is Cc1ccccc1N1CCN(Cc2ccc(OCc3ccccc3)cc2)CC1. The van der Waals surface area contributed by atoms with Crippen LogP contribution in [0.25, 0.3) is 0 Å². The van der Waals surface area contributed by atoms with Crippen LogP contribution < -0.4 is 9.64 Å². The molecule has 1 heterocycles. The standard InChI is InChI=1S/C25H28N2O/c1-21-7-5-6-10-25(21)27-17-15-26(16-18-27)19-22-11-13-24(14-12-22)28-20-23-8-3-2-4-9-23/h2-14H,15-20H2,1H3. The van der Waals surface area contributed by atoms with Crippen molar-refractivity contribution in [2.75, 3.05) is 31.1 Å². The Morgan fingerprint density at radius 1 is 0.714 bits per heavy atom.